The van der Waals surface area contributed by atoms with E-state index in [4.69, 9.17) is 5.11 Å². The van der Waals surface area contributed by atoms with Gasteiger partial charge < -0.3 is 5.11 Å². The Hall–Kier alpha value is -1.05. The van der Waals surface area contributed by atoms with Crippen LogP contribution in [0.2, 0.25) is 0 Å². The summed E-state index contributed by atoms with van der Waals surface area (Å²) in [7, 11) is 0. The Balaban J connectivity index is 2.31. The first-order chi connectivity index (χ1) is 5.27. The normalized spacial score (nSPS) is 33.6. The highest BCUT2D eigenvalue weighted by Crippen LogP contribution is 2.35. The van der Waals surface area contributed by atoms with Crippen LogP contribution >= 0.6 is 0 Å². The van der Waals surface area contributed by atoms with Crippen molar-refractivity contribution in [1.29, 1.82) is 0 Å². The van der Waals surface area contributed by atoms with Crippen molar-refractivity contribution >= 4 is 5.97 Å². The van der Waals surface area contributed by atoms with Crippen molar-refractivity contribution in [2.75, 3.05) is 0 Å². The second-order valence-electron chi connectivity index (χ2n) is 3.16. The lowest BCUT2D eigenvalue weighted by molar-refractivity contribution is -0.133. The van der Waals surface area contributed by atoms with Crippen molar-refractivity contribution in [2.45, 2.75) is 12.8 Å². The quantitative estimate of drug-likeness (QED) is 0.576. The lowest BCUT2D eigenvalue weighted by Gasteiger charge is -2.27. The third kappa shape index (κ3) is 0.985. The predicted octanol–water partition coefficient (Wildman–Crippen LogP) is 1.59. The summed E-state index contributed by atoms with van der Waals surface area (Å²) in [6.07, 6.45) is 8.16. The molecule has 2 atom stereocenters. The number of fused-ring (bicyclic) bond motifs is 1. The van der Waals surface area contributed by atoms with Gasteiger partial charge in [0.15, 0.2) is 0 Å². The molecule has 11 heavy (non-hydrogen) atoms. The molecule has 0 radical (unpaired) electrons. The topological polar surface area (TPSA) is 37.3 Å². The number of allylic oxidation sites excluding steroid dienone is 3. The minimum absolute atomic E-state index is 0.192. The van der Waals surface area contributed by atoms with Gasteiger partial charge >= 0.3 is 5.97 Å². The van der Waals surface area contributed by atoms with E-state index in [2.05, 4.69) is 6.08 Å². The van der Waals surface area contributed by atoms with E-state index in [0.717, 1.165) is 12.8 Å². The van der Waals surface area contributed by atoms with Gasteiger partial charge in [0, 0.05) is 11.5 Å². The SMILES string of the molecule is O=C(O)C1=CC2C=CC1CC2. The number of hydrogen-bond donors (Lipinski definition) is 1. The van der Waals surface area contributed by atoms with Gasteiger partial charge in [-0.3, -0.25) is 0 Å². The largest absolute Gasteiger partial charge is 0.478 e. The molecular weight excluding hydrogens is 140 g/mol. The lowest BCUT2D eigenvalue weighted by atomic mass is 9.77. The van der Waals surface area contributed by atoms with Gasteiger partial charge in [0.25, 0.3) is 0 Å². The molecule has 0 saturated heterocycles. The van der Waals surface area contributed by atoms with Gasteiger partial charge in [-0.15, -0.1) is 0 Å². The molecule has 3 aliphatic rings. The van der Waals surface area contributed by atoms with E-state index >= 15 is 0 Å². The molecule has 0 spiro atoms. The smallest absolute Gasteiger partial charge is 0.331 e. The van der Waals surface area contributed by atoms with Gasteiger partial charge in [0.2, 0.25) is 0 Å². The summed E-state index contributed by atoms with van der Waals surface area (Å²) in [6, 6.07) is 0. The monoisotopic (exact) mass is 150 g/mol. The van der Waals surface area contributed by atoms with Crippen LogP contribution in [0, 0.1) is 11.8 Å². The van der Waals surface area contributed by atoms with Gasteiger partial charge in [-0.05, 0) is 18.8 Å². The molecule has 2 unspecified atom stereocenters. The Morgan fingerprint density at radius 3 is 2.55 bits per heavy atom. The Labute approximate surface area is 65.2 Å². The van der Waals surface area contributed by atoms with Gasteiger partial charge in [0.05, 0.1) is 0 Å². The number of carboxylic acids is 1. The summed E-state index contributed by atoms with van der Waals surface area (Å²) >= 11 is 0. The molecule has 3 rings (SSSR count). The zero-order chi connectivity index (χ0) is 7.84. The van der Waals surface area contributed by atoms with Crippen molar-refractivity contribution in [3.05, 3.63) is 23.8 Å². The number of aliphatic carboxylic acids is 1. The zero-order valence-corrected chi connectivity index (χ0v) is 6.16. The Bertz CT molecular complexity index is 250. The maximum absolute atomic E-state index is 10.6. The van der Waals surface area contributed by atoms with Crippen molar-refractivity contribution in [1.82, 2.24) is 0 Å². The predicted molar refractivity (Wildman–Crippen MR) is 41.1 cm³/mol. The highest BCUT2D eigenvalue weighted by Gasteiger charge is 2.27. The van der Waals surface area contributed by atoms with Crippen LogP contribution in [-0.2, 0) is 4.79 Å². The molecule has 0 aliphatic heterocycles. The summed E-state index contributed by atoms with van der Waals surface area (Å²) in [4.78, 5) is 10.6. The van der Waals surface area contributed by atoms with Gasteiger partial charge in [-0.2, -0.15) is 0 Å². The van der Waals surface area contributed by atoms with E-state index in [1.165, 1.54) is 0 Å². The van der Waals surface area contributed by atoms with Crippen LogP contribution in [0.4, 0.5) is 0 Å². The molecule has 58 valence electrons. The third-order valence-electron chi connectivity index (χ3n) is 2.44. The average molecular weight is 150 g/mol. The highest BCUT2D eigenvalue weighted by molar-refractivity contribution is 5.88. The Kier molecular flexibility index (Phi) is 1.34. The molecular formula is C9H10O2. The van der Waals surface area contributed by atoms with Crippen molar-refractivity contribution in [3.63, 3.8) is 0 Å². The third-order valence-corrected chi connectivity index (χ3v) is 2.44. The molecule has 0 saturated carbocycles. The Morgan fingerprint density at radius 2 is 2.27 bits per heavy atom. The first-order valence-electron chi connectivity index (χ1n) is 3.90. The molecule has 0 aromatic rings. The molecule has 2 nitrogen and oxygen atoms in total. The molecule has 2 bridgehead atoms. The summed E-state index contributed by atoms with van der Waals surface area (Å²) in [6.45, 7) is 0. The molecule has 0 fully saturated rings. The first kappa shape index (κ1) is 6.65. The Morgan fingerprint density at radius 1 is 1.45 bits per heavy atom. The molecule has 0 amide bonds. The average Bonchev–Trinajstić information content (AvgIpc) is 2.06. The van der Waals surface area contributed by atoms with Crippen molar-refractivity contribution in [2.24, 2.45) is 11.8 Å². The fourth-order valence-corrected chi connectivity index (χ4v) is 1.82. The molecule has 1 N–H and O–H groups in total. The second kappa shape index (κ2) is 2.22. The van der Waals surface area contributed by atoms with E-state index < -0.39 is 5.97 Å². The van der Waals surface area contributed by atoms with Gasteiger partial charge in [0.1, 0.15) is 0 Å². The van der Waals surface area contributed by atoms with Gasteiger partial charge in [-0.1, -0.05) is 18.2 Å². The fourth-order valence-electron chi connectivity index (χ4n) is 1.82. The summed E-state index contributed by atoms with van der Waals surface area (Å²) in [5.41, 5.74) is 0.601. The molecule has 0 aromatic heterocycles. The number of carboxylic acid groups (broad SMARTS) is 1. The molecule has 0 aromatic carbocycles. The van der Waals surface area contributed by atoms with E-state index in [-0.39, 0.29) is 5.92 Å². The molecule has 0 heterocycles. The van der Waals surface area contributed by atoms with E-state index in [9.17, 15) is 4.79 Å². The van der Waals surface area contributed by atoms with Crippen molar-refractivity contribution in [3.8, 4) is 0 Å². The van der Waals surface area contributed by atoms with Crippen LogP contribution < -0.4 is 0 Å². The number of hydrogen-bond acceptors (Lipinski definition) is 1. The fraction of sp³-hybridized carbons (Fsp3) is 0.444. The first-order valence-corrected chi connectivity index (χ1v) is 3.90. The standard InChI is InChI=1S/C9H10O2/c10-9(11)8-5-6-1-3-7(8)4-2-6/h1,3,5-7H,2,4H2,(H,10,11). The van der Waals surface area contributed by atoms with Crippen LogP contribution in [0.1, 0.15) is 12.8 Å². The minimum Gasteiger partial charge on any atom is -0.478 e. The van der Waals surface area contributed by atoms with Crippen molar-refractivity contribution < 1.29 is 9.90 Å². The lowest BCUT2D eigenvalue weighted by Crippen LogP contribution is -2.21. The maximum Gasteiger partial charge on any atom is 0.331 e. The summed E-state index contributed by atoms with van der Waals surface area (Å²) in [5.74, 6) is -0.160. The second-order valence-corrected chi connectivity index (χ2v) is 3.16. The summed E-state index contributed by atoms with van der Waals surface area (Å²) < 4.78 is 0. The van der Waals surface area contributed by atoms with Crippen LogP contribution in [0.25, 0.3) is 0 Å². The van der Waals surface area contributed by atoms with E-state index in [1.54, 1.807) is 0 Å². The van der Waals surface area contributed by atoms with Crippen LogP contribution in [-0.4, -0.2) is 11.1 Å². The summed E-state index contributed by atoms with van der Waals surface area (Å²) in [5, 5.41) is 8.76. The highest BCUT2D eigenvalue weighted by atomic mass is 16.4. The minimum atomic E-state index is -0.746. The van der Waals surface area contributed by atoms with Crippen LogP contribution in [0.15, 0.2) is 23.8 Å². The molecule has 2 heteroatoms. The van der Waals surface area contributed by atoms with Crippen LogP contribution in [0.3, 0.4) is 0 Å². The number of carbonyl (C=O) groups is 1. The number of rotatable bonds is 1. The van der Waals surface area contributed by atoms with Gasteiger partial charge in [-0.25, -0.2) is 4.79 Å². The zero-order valence-electron chi connectivity index (χ0n) is 6.16. The van der Waals surface area contributed by atoms with Crippen LogP contribution in [0.5, 0.6) is 0 Å². The van der Waals surface area contributed by atoms with E-state index in [1.807, 2.05) is 12.2 Å². The molecule has 3 aliphatic carbocycles. The maximum atomic E-state index is 10.6. The van der Waals surface area contributed by atoms with E-state index in [0.29, 0.717) is 11.5 Å².